The standard InChI is InChI=1S/C23H17NO6/c1-2-30-23(29)12-4-3-5-13(10-12)24-14-6-7-15-16(11-14)22(28)20-18(26)9-8-17(25)19(20)21(15)27/h3-11,24-26H,2H2,1H3. The molecule has 3 aromatic carbocycles. The average molecular weight is 403 g/mol. The molecular formula is C23H17NO6. The van der Waals surface area contributed by atoms with E-state index in [0.29, 0.717) is 16.9 Å². The SMILES string of the molecule is CCOC(=O)c1cccc(Nc2ccc3c(c2)C(=O)c2c(O)ccc(O)c2C3=O)c1. The van der Waals surface area contributed by atoms with Crippen LogP contribution in [0.5, 0.6) is 11.5 Å². The third-order valence-electron chi connectivity index (χ3n) is 4.79. The number of carbonyl (C=O) groups is 3. The van der Waals surface area contributed by atoms with Crippen LogP contribution in [0.25, 0.3) is 0 Å². The van der Waals surface area contributed by atoms with Gasteiger partial charge >= 0.3 is 5.97 Å². The summed E-state index contributed by atoms with van der Waals surface area (Å²) in [5.41, 5.74) is 1.32. The van der Waals surface area contributed by atoms with Crippen LogP contribution in [-0.2, 0) is 4.74 Å². The molecule has 0 amide bonds. The first-order valence-electron chi connectivity index (χ1n) is 9.23. The second kappa shape index (κ2) is 7.36. The fourth-order valence-corrected chi connectivity index (χ4v) is 3.42. The third kappa shape index (κ3) is 3.16. The van der Waals surface area contributed by atoms with E-state index < -0.39 is 17.5 Å². The van der Waals surface area contributed by atoms with Gasteiger partial charge in [0, 0.05) is 22.5 Å². The molecule has 0 unspecified atom stereocenters. The summed E-state index contributed by atoms with van der Waals surface area (Å²) in [6.07, 6.45) is 0. The number of ketones is 2. The number of aromatic hydroxyl groups is 2. The summed E-state index contributed by atoms with van der Waals surface area (Å²) in [4.78, 5) is 37.6. The predicted molar refractivity (Wildman–Crippen MR) is 109 cm³/mol. The van der Waals surface area contributed by atoms with Gasteiger partial charge in [0.05, 0.1) is 23.3 Å². The number of nitrogens with one attached hydrogen (secondary N) is 1. The Labute approximate surface area is 171 Å². The molecule has 30 heavy (non-hydrogen) atoms. The summed E-state index contributed by atoms with van der Waals surface area (Å²) in [6, 6.07) is 13.6. The number of phenols is 2. The first-order chi connectivity index (χ1) is 14.4. The van der Waals surface area contributed by atoms with Gasteiger partial charge in [-0.25, -0.2) is 4.79 Å². The maximum Gasteiger partial charge on any atom is 0.338 e. The van der Waals surface area contributed by atoms with Crippen LogP contribution in [0, 0.1) is 0 Å². The molecule has 4 rings (SSSR count). The minimum atomic E-state index is -0.558. The van der Waals surface area contributed by atoms with Crippen molar-refractivity contribution in [2.75, 3.05) is 11.9 Å². The van der Waals surface area contributed by atoms with Crippen molar-refractivity contribution >= 4 is 28.9 Å². The van der Waals surface area contributed by atoms with Gasteiger partial charge in [0.15, 0.2) is 11.6 Å². The number of carbonyl (C=O) groups excluding carboxylic acids is 3. The van der Waals surface area contributed by atoms with Crippen molar-refractivity contribution in [3.8, 4) is 11.5 Å². The van der Waals surface area contributed by atoms with Crippen LogP contribution >= 0.6 is 0 Å². The second-order valence-corrected chi connectivity index (χ2v) is 6.70. The Bertz CT molecular complexity index is 1210. The fraction of sp³-hybridized carbons (Fsp3) is 0.0870. The summed E-state index contributed by atoms with van der Waals surface area (Å²) in [7, 11) is 0. The number of hydrogen-bond acceptors (Lipinski definition) is 7. The van der Waals surface area contributed by atoms with Crippen LogP contribution in [0.1, 0.15) is 49.1 Å². The molecule has 7 heteroatoms. The molecule has 0 aliphatic heterocycles. The summed E-state index contributed by atoms with van der Waals surface area (Å²) < 4.78 is 4.99. The van der Waals surface area contributed by atoms with E-state index in [0.717, 1.165) is 0 Å². The predicted octanol–water partition coefficient (Wildman–Crippen LogP) is 3.79. The molecular weight excluding hydrogens is 386 g/mol. The smallest absolute Gasteiger partial charge is 0.338 e. The van der Waals surface area contributed by atoms with Crippen LogP contribution in [0.4, 0.5) is 11.4 Å². The molecule has 0 aromatic heterocycles. The molecule has 3 aromatic rings. The number of rotatable bonds is 4. The van der Waals surface area contributed by atoms with E-state index in [2.05, 4.69) is 5.32 Å². The zero-order valence-electron chi connectivity index (χ0n) is 15.9. The molecule has 7 nitrogen and oxygen atoms in total. The lowest BCUT2D eigenvalue weighted by Crippen LogP contribution is -2.21. The Morgan fingerprint density at radius 3 is 2.17 bits per heavy atom. The molecule has 0 atom stereocenters. The number of fused-ring (bicyclic) bond motifs is 2. The molecule has 0 saturated carbocycles. The molecule has 0 heterocycles. The summed E-state index contributed by atoms with van der Waals surface area (Å²) in [6.45, 7) is 1.99. The maximum absolute atomic E-state index is 12.9. The van der Waals surface area contributed by atoms with E-state index in [9.17, 15) is 24.6 Å². The van der Waals surface area contributed by atoms with Gasteiger partial charge < -0.3 is 20.3 Å². The zero-order valence-corrected chi connectivity index (χ0v) is 15.9. The minimum Gasteiger partial charge on any atom is -0.507 e. The molecule has 0 radical (unpaired) electrons. The molecule has 0 saturated heterocycles. The Morgan fingerprint density at radius 2 is 1.50 bits per heavy atom. The quantitative estimate of drug-likeness (QED) is 0.351. The van der Waals surface area contributed by atoms with Gasteiger partial charge in [-0.05, 0) is 55.5 Å². The van der Waals surface area contributed by atoms with Crippen LogP contribution in [0.15, 0.2) is 54.6 Å². The monoisotopic (exact) mass is 403 g/mol. The summed E-state index contributed by atoms with van der Waals surface area (Å²) >= 11 is 0. The van der Waals surface area contributed by atoms with Crippen LogP contribution in [0.2, 0.25) is 0 Å². The van der Waals surface area contributed by atoms with Crippen molar-refractivity contribution in [3.05, 3.63) is 82.4 Å². The zero-order chi connectivity index (χ0) is 21.4. The highest BCUT2D eigenvalue weighted by molar-refractivity contribution is 6.30. The number of phenolic OH excluding ortho intramolecular Hbond substituents is 2. The number of anilines is 2. The van der Waals surface area contributed by atoms with Gasteiger partial charge in [-0.2, -0.15) is 0 Å². The van der Waals surface area contributed by atoms with Crippen molar-refractivity contribution < 1.29 is 29.3 Å². The van der Waals surface area contributed by atoms with E-state index in [1.54, 1.807) is 37.3 Å². The normalized spacial score (nSPS) is 12.2. The number of ether oxygens (including phenoxy) is 1. The highest BCUT2D eigenvalue weighted by Crippen LogP contribution is 2.38. The van der Waals surface area contributed by atoms with E-state index in [1.165, 1.54) is 24.3 Å². The number of esters is 1. The summed E-state index contributed by atoms with van der Waals surface area (Å²) in [5.74, 6) is -2.27. The maximum atomic E-state index is 12.9. The van der Waals surface area contributed by atoms with Crippen molar-refractivity contribution in [3.63, 3.8) is 0 Å². The Hall–Kier alpha value is -4.13. The molecule has 0 fully saturated rings. The Morgan fingerprint density at radius 1 is 0.867 bits per heavy atom. The molecule has 0 bridgehead atoms. The van der Waals surface area contributed by atoms with Crippen LogP contribution in [-0.4, -0.2) is 34.4 Å². The first-order valence-corrected chi connectivity index (χ1v) is 9.23. The second-order valence-electron chi connectivity index (χ2n) is 6.70. The third-order valence-corrected chi connectivity index (χ3v) is 4.79. The minimum absolute atomic E-state index is 0.111. The highest BCUT2D eigenvalue weighted by atomic mass is 16.5. The topological polar surface area (TPSA) is 113 Å². The van der Waals surface area contributed by atoms with E-state index in [1.807, 2.05) is 0 Å². The van der Waals surface area contributed by atoms with Crippen LogP contribution < -0.4 is 5.32 Å². The molecule has 150 valence electrons. The summed E-state index contributed by atoms with van der Waals surface area (Å²) in [5, 5.41) is 23.2. The van der Waals surface area contributed by atoms with E-state index >= 15 is 0 Å². The first kappa shape index (κ1) is 19.2. The van der Waals surface area contributed by atoms with E-state index in [-0.39, 0.29) is 40.4 Å². The Balaban J connectivity index is 1.70. The van der Waals surface area contributed by atoms with Crippen molar-refractivity contribution in [1.82, 2.24) is 0 Å². The molecule has 0 spiro atoms. The van der Waals surface area contributed by atoms with Gasteiger partial charge in [-0.15, -0.1) is 0 Å². The van der Waals surface area contributed by atoms with Gasteiger partial charge in [-0.3, -0.25) is 9.59 Å². The highest BCUT2D eigenvalue weighted by Gasteiger charge is 2.34. The van der Waals surface area contributed by atoms with Crippen molar-refractivity contribution in [2.45, 2.75) is 6.92 Å². The van der Waals surface area contributed by atoms with Gasteiger partial charge in [0.2, 0.25) is 0 Å². The average Bonchev–Trinajstić information content (AvgIpc) is 2.74. The molecule has 3 N–H and O–H groups in total. The lowest BCUT2D eigenvalue weighted by atomic mass is 9.83. The van der Waals surface area contributed by atoms with Crippen LogP contribution in [0.3, 0.4) is 0 Å². The largest absolute Gasteiger partial charge is 0.507 e. The van der Waals surface area contributed by atoms with Crippen molar-refractivity contribution in [1.29, 1.82) is 0 Å². The van der Waals surface area contributed by atoms with Crippen molar-refractivity contribution in [2.24, 2.45) is 0 Å². The lowest BCUT2D eigenvalue weighted by Gasteiger charge is -2.20. The fourth-order valence-electron chi connectivity index (χ4n) is 3.42. The molecule has 1 aliphatic carbocycles. The lowest BCUT2D eigenvalue weighted by molar-refractivity contribution is 0.0526. The van der Waals surface area contributed by atoms with Gasteiger partial charge in [0.1, 0.15) is 11.5 Å². The number of hydrogen-bond donors (Lipinski definition) is 3. The van der Waals surface area contributed by atoms with Gasteiger partial charge in [-0.1, -0.05) is 6.07 Å². The Kier molecular flexibility index (Phi) is 4.71. The van der Waals surface area contributed by atoms with E-state index in [4.69, 9.17) is 4.74 Å². The molecule has 1 aliphatic rings. The van der Waals surface area contributed by atoms with Gasteiger partial charge in [0.25, 0.3) is 0 Å². The number of benzene rings is 3.